The number of nitrogens with one attached hydrogen (secondary N) is 1. The molecule has 156 valence electrons. The number of hydrogen-bond donors (Lipinski definition) is 1. The summed E-state index contributed by atoms with van der Waals surface area (Å²) < 4.78 is 38.3. The van der Waals surface area contributed by atoms with Gasteiger partial charge in [-0.1, -0.05) is 45.0 Å². The molecule has 7 heteroatoms. The van der Waals surface area contributed by atoms with E-state index in [-0.39, 0.29) is 34.3 Å². The van der Waals surface area contributed by atoms with Gasteiger partial charge in [0.2, 0.25) is 10.0 Å². The largest absolute Gasteiger partial charge is 0.495 e. The van der Waals surface area contributed by atoms with Gasteiger partial charge >= 0.3 is 5.97 Å². The third-order valence-corrected chi connectivity index (χ3v) is 6.32. The zero-order chi connectivity index (χ0) is 21.2. The Labute approximate surface area is 172 Å². The second-order valence-corrected chi connectivity index (χ2v) is 9.97. The Morgan fingerprint density at radius 3 is 2.31 bits per heavy atom. The van der Waals surface area contributed by atoms with Gasteiger partial charge in [-0.15, -0.1) is 0 Å². The number of esters is 1. The normalized spacial score (nSPS) is 14.5. The van der Waals surface area contributed by atoms with Gasteiger partial charge in [0.05, 0.1) is 12.7 Å². The van der Waals surface area contributed by atoms with Gasteiger partial charge in [-0.3, -0.25) is 0 Å². The molecule has 0 unspecified atom stereocenters. The van der Waals surface area contributed by atoms with Crippen LogP contribution in [0.5, 0.6) is 5.75 Å². The Morgan fingerprint density at radius 2 is 1.76 bits per heavy atom. The summed E-state index contributed by atoms with van der Waals surface area (Å²) in [6.07, 6.45) is 1.63. The predicted molar refractivity (Wildman–Crippen MR) is 111 cm³/mol. The van der Waals surface area contributed by atoms with E-state index in [9.17, 15) is 13.2 Å². The molecular formula is C22H27NO5S. The van der Waals surface area contributed by atoms with E-state index in [0.717, 1.165) is 18.4 Å². The fourth-order valence-electron chi connectivity index (χ4n) is 2.83. The van der Waals surface area contributed by atoms with E-state index >= 15 is 0 Å². The summed E-state index contributed by atoms with van der Waals surface area (Å²) in [4.78, 5) is 12.4. The van der Waals surface area contributed by atoms with Gasteiger partial charge in [0.1, 0.15) is 17.3 Å². The van der Waals surface area contributed by atoms with Crippen LogP contribution in [0.1, 0.15) is 55.1 Å². The van der Waals surface area contributed by atoms with Gasteiger partial charge in [-0.2, -0.15) is 0 Å². The quantitative estimate of drug-likeness (QED) is 0.693. The number of sulfonamides is 1. The van der Waals surface area contributed by atoms with Crippen molar-refractivity contribution < 1.29 is 22.7 Å². The van der Waals surface area contributed by atoms with Crippen LogP contribution in [0.15, 0.2) is 47.4 Å². The highest BCUT2D eigenvalue weighted by molar-refractivity contribution is 7.89. The summed E-state index contributed by atoms with van der Waals surface area (Å²) in [7, 11) is -2.37. The van der Waals surface area contributed by atoms with Crippen molar-refractivity contribution in [1.29, 1.82) is 0 Å². The molecule has 0 heterocycles. The van der Waals surface area contributed by atoms with Crippen LogP contribution in [0.25, 0.3) is 0 Å². The average Bonchev–Trinajstić information content (AvgIpc) is 3.48. The standard InChI is InChI=1S/C22H27NO5S/c1-22(2,3)17-8-5-15(6-9-17)14-28-21(24)16-7-12-19(27-4)20(13-16)29(25,26)23-18-10-11-18/h5-9,12-13,18,23H,10-11,14H2,1-4H3. The van der Waals surface area contributed by atoms with Crippen molar-refractivity contribution in [2.24, 2.45) is 0 Å². The molecule has 29 heavy (non-hydrogen) atoms. The number of ether oxygens (including phenoxy) is 2. The van der Waals surface area contributed by atoms with Crippen molar-refractivity contribution in [3.05, 3.63) is 59.2 Å². The summed E-state index contributed by atoms with van der Waals surface area (Å²) in [6, 6.07) is 12.1. The molecule has 2 aromatic carbocycles. The summed E-state index contributed by atoms with van der Waals surface area (Å²) in [6.45, 7) is 6.51. The average molecular weight is 418 g/mol. The maximum absolute atomic E-state index is 12.6. The number of hydrogen-bond acceptors (Lipinski definition) is 5. The van der Waals surface area contributed by atoms with Gasteiger partial charge < -0.3 is 9.47 Å². The van der Waals surface area contributed by atoms with Crippen LogP contribution in [-0.2, 0) is 26.8 Å². The van der Waals surface area contributed by atoms with Crippen molar-refractivity contribution in [3.8, 4) is 5.75 Å². The lowest BCUT2D eigenvalue weighted by Crippen LogP contribution is -2.26. The predicted octanol–water partition coefficient (Wildman–Crippen LogP) is 3.79. The Bertz CT molecular complexity index is 987. The lowest BCUT2D eigenvalue weighted by molar-refractivity contribution is 0.0472. The molecule has 3 rings (SSSR count). The molecule has 0 spiro atoms. The van der Waals surface area contributed by atoms with Crippen LogP contribution in [0.2, 0.25) is 0 Å². The van der Waals surface area contributed by atoms with E-state index in [4.69, 9.17) is 9.47 Å². The summed E-state index contributed by atoms with van der Waals surface area (Å²) in [5.41, 5.74) is 2.27. The van der Waals surface area contributed by atoms with Gasteiger partial charge in [0.25, 0.3) is 0 Å². The highest BCUT2D eigenvalue weighted by Gasteiger charge is 2.30. The van der Waals surface area contributed by atoms with E-state index < -0.39 is 16.0 Å². The summed E-state index contributed by atoms with van der Waals surface area (Å²) >= 11 is 0. The molecule has 0 atom stereocenters. The molecule has 0 saturated heterocycles. The van der Waals surface area contributed by atoms with Crippen LogP contribution in [0.3, 0.4) is 0 Å². The van der Waals surface area contributed by atoms with E-state index in [1.54, 1.807) is 0 Å². The zero-order valence-electron chi connectivity index (χ0n) is 17.2. The van der Waals surface area contributed by atoms with Crippen molar-refractivity contribution in [1.82, 2.24) is 4.72 Å². The molecule has 0 bridgehead atoms. The first-order valence-corrected chi connectivity index (χ1v) is 11.1. The lowest BCUT2D eigenvalue weighted by atomic mass is 9.87. The molecule has 1 N–H and O–H groups in total. The first-order valence-electron chi connectivity index (χ1n) is 9.57. The minimum absolute atomic E-state index is 0.0450. The summed E-state index contributed by atoms with van der Waals surface area (Å²) in [5.74, 6) is -0.400. The zero-order valence-corrected chi connectivity index (χ0v) is 18.0. The highest BCUT2D eigenvalue weighted by atomic mass is 32.2. The van der Waals surface area contributed by atoms with E-state index in [0.29, 0.717) is 0 Å². The summed E-state index contributed by atoms with van der Waals surface area (Å²) in [5, 5.41) is 0. The van der Waals surface area contributed by atoms with Gasteiger partial charge in [-0.05, 0) is 47.6 Å². The molecular weight excluding hydrogens is 390 g/mol. The maximum Gasteiger partial charge on any atom is 0.338 e. The lowest BCUT2D eigenvalue weighted by Gasteiger charge is -2.19. The van der Waals surface area contributed by atoms with E-state index in [1.165, 1.54) is 30.9 Å². The minimum atomic E-state index is -3.76. The van der Waals surface area contributed by atoms with Crippen molar-refractivity contribution in [3.63, 3.8) is 0 Å². The highest BCUT2D eigenvalue weighted by Crippen LogP contribution is 2.29. The molecule has 1 aliphatic carbocycles. The smallest absolute Gasteiger partial charge is 0.338 e. The van der Waals surface area contributed by atoms with E-state index in [2.05, 4.69) is 25.5 Å². The van der Waals surface area contributed by atoms with Gasteiger partial charge in [-0.25, -0.2) is 17.9 Å². The number of benzene rings is 2. The van der Waals surface area contributed by atoms with Gasteiger partial charge in [0, 0.05) is 6.04 Å². The third kappa shape index (κ3) is 5.36. The second-order valence-electron chi connectivity index (χ2n) is 8.28. The Hall–Kier alpha value is -2.38. The number of carbonyl (C=O) groups excluding carboxylic acids is 1. The minimum Gasteiger partial charge on any atom is -0.495 e. The van der Waals surface area contributed by atoms with Crippen LogP contribution < -0.4 is 9.46 Å². The third-order valence-electron chi connectivity index (χ3n) is 4.78. The van der Waals surface area contributed by atoms with Crippen molar-refractivity contribution in [2.75, 3.05) is 7.11 Å². The van der Waals surface area contributed by atoms with E-state index in [1.807, 2.05) is 24.3 Å². The van der Waals surface area contributed by atoms with Crippen LogP contribution >= 0.6 is 0 Å². The molecule has 0 amide bonds. The molecule has 2 aromatic rings. The molecule has 1 saturated carbocycles. The van der Waals surface area contributed by atoms with Crippen molar-refractivity contribution in [2.45, 2.75) is 56.6 Å². The van der Waals surface area contributed by atoms with Crippen LogP contribution in [0, 0.1) is 0 Å². The van der Waals surface area contributed by atoms with Gasteiger partial charge in [0.15, 0.2) is 0 Å². The fourth-order valence-corrected chi connectivity index (χ4v) is 4.33. The SMILES string of the molecule is COc1ccc(C(=O)OCc2ccc(C(C)(C)C)cc2)cc1S(=O)(=O)NC1CC1. The monoisotopic (exact) mass is 417 g/mol. The van der Waals surface area contributed by atoms with Crippen LogP contribution in [-0.4, -0.2) is 27.5 Å². The topological polar surface area (TPSA) is 81.7 Å². The molecule has 0 aromatic heterocycles. The first-order chi connectivity index (χ1) is 13.6. The number of carbonyl (C=O) groups is 1. The van der Waals surface area contributed by atoms with Crippen LogP contribution in [0.4, 0.5) is 0 Å². The molecule has 1 fully saturated rings. The Morgan fingerprint density at radius 1 is 1.10 bits per heavy atom. The first kappa shape index (κ1) is 21.3. The number of methoxy groups -OCH3 is 1. The molecule has 6 nitrogen and oxygen atoms in total. The Balaban J connectivity index is 1.73. The molecule has 0 aliphatic heterocycles. The second kappa shape index (κ2) is 8.16. The Kier molecular flexibility index (Phi) is 6.00. The molecule has 1 aliphatic rings. The number of rotatable bonds is 7. The van der Waals surface area contributed by atoms with Crippen molar-refractivity contribution >= 4 is 16.0 Å². The fraction of sp³-hybridized carbons (Fsp3) is 0.409. The maximum atomic E-state index is 12.6. The molecule has 0 radical (unpaired) electrons.